The van der Waals surface area contributed by atoms with Gasteiger partial charge in [-0.3, -0.25) is 14.8 Å². The number of amides is 1. The molecule has 6 nitrogen and oxygen atoms in total. The van der Waals surface area contributed by atoms with Gasteiger partial charge < -0.3 is 10.4 Å². The fraction of sp³-hybridized carbons (Fsp3) is 0.733. The molecule has 6 heteroatoms. The number of aryl methyl sites for hydroxylation is 2. The number of hydrogen-bond acceptors (Lipinski definition) is 4. The van der Waals surface area contributed by atoms with E-state index < -0.39 is 6.61 Å². The van der Waals surface area contributed by atoms with Crippen molar-refractivity contribution in [2.24, 2.45) is 11.8 Å². The molecule has 2 rings (SSSR count). The van der Waals surface area contributed by atoms with Gasteiger partial charge >= 0.3 is 0 Å². The maximum absolute atomic E-state index is 11.5. The first-order valence-electron chi connectivity index (χ1n) is 7.55. The van der Waals surface area contributed by atoms with E-state index in [-0.39, 0.29) is 11.9 Å². The van der Waals surface area contributed by atoms with Crippen LogP contribution in [0.25, 0.3) is 0 Å². The van der Waals surface area contributed by atoms with Crippen LogP contribution >= 0.6 is 0 Å². The van der Waals surface area contributed by atoms with Gasteiger partial charge in [0.15, 0.2) is 0 Å². The number of carbonyl (C=O) groups is 1. The molecule has 1 aliphatic heterocycles. The summed E-state index contributed by atoms with van der Waals surface area (Å²) < 4.78 is 0. The molecule has 0 radical (unpaired) electrons. The van der Waals surface area contributed by atoms with Gasteiger partial charge in [-0.1, -0.05) is 13.8 Å². The van der Waals surface area contributed by atoms with Crippen LogP contribution in [-0.2, 0) is 11.3 Å². The number of aliphatic hydroxyl groups excluding tert-OH is 1. The molecule has 1 saturated heterocycles. The minimum Gasteiger partial charge on any atom is -0.387 e. The molecular weight excluding hydrogens is 268 g/mol. The number of carbonyl (C=O) groups excluding carboxylic acids is 1. The van der Waals surface area contributed by atoms with Crippen LogP contribution in [0.3, 0.4) is 0 Å². The first-order valence-corrected chi connectivity index (χ1v) is 7.55. The predicted molar refractivity (Wildman–Crippen MR) is 80.7 cm³/mol. The van der Waals surface area contributed by atoms with E-state index in [2.05, 4.69) is 34.3 Å². The van der Waals surface area contributed by atoms with Gasteiger partial charge in [-0.05, 0) is 25.7 Å². The average Bonchev–Trinajstić information content (AvgIpc) is 2.97. The van der Waals surface area contributed by atoms with Gasteiger partial charge in [0.25, 0.3) is 0 Å². The van der Waals surface area contributed by atoms with E-state index in [1.165, 1.54) is 5.56 Å². The van der Waals surface area contributed by atoms with E-state index in [0.29, 0.717) is 11.8 Å². The smallest absolute Gasteiger partial charge is 0.245 e. The first-order chi connectivity index (χ1) is 9.92. The SMILES string of the molecule is Cc1n[nH]c(C)c1CN1C[C@@H](NC(=O)CO)[C@H](C(C)C)C1. The zero-order valence-corrected chi connectivity index (χ0v) is 13.3. The van der Waals surface area contributed by atoms with E-state index in [1.807, 2.05) is 13.8 Å². The Hall–Kier alpha value is -1.40. The number of rotatable bonds is 5. The lowest BCUT2D eigenvalue weighted by Crippen LogP contribution is -2.43. The summed E-state index contributed by atoms with van der Waals surface area (Å²) in [6.07, 6.45) is 0. The third-order valence-electron chi connectivity index (χ3n) is 4.45. The Bertz CT molecular complexity index is 478. The summed E-state index contributed by atoms with van der Waals surface area (Å²) in [5, 5.41) is 19.1. The second kappa shape index (κ2) is 6.58. The van der Waals surface area contributed by atoms with Crippen LogP contribution in [0.5, 0.6) is 0 Å². The molecule has 3 N–H and O–H groups in total. The lowest BCUT2D eigenvalue weighted by Gasteiger charge is -2.22. The molecule has 118 valence electrons. The highest BCUT2D eigenvalue weighted by Crippen LogP contribution is 2.26. The van der Waals surface area contributed by atoms with Gasteiger partial charge in [-0.15, -0.1) is 0 Å². The Balaban J connectivity index is 2.05. The fourth-order valence-corrected chi connectivity index (χ4v) is 3.15. The highest BCUT2D eigenvalue weighted by molar-refractivity contribution is 5.77. The maximum atomic E-state index is 11.5. The van der Waals surface area contributed by atoms with Crippen molar-refractivity contribution in [1.82, 2.24) is 20.4 Å². The molecule has 2 heterocycles. The summed E-state index contributed by atoms with van der Waals surface area (Å²) in [6.45, 7) is 10.6. The van der Waals surface area contributed by atoms with E-state index >= 15 is 0 Å². The second-order valence-electron chi connectivity index (χ2n) is 6.35. The monoisotopic (exact) mass is 294 g/mol. The minimum atomic E-state index is -0.443. The molecule has 1 fully saturated rings. The molecule has 1 aromatic heterocycles. The van der Waals surface area contributed by atoms with Crippen molar-refractivity contribution in [2.45, 2.75) is 40.3 Å². The number of hydrogen-bond donors (Lipinski definition) is 3. The van der Waals surface area contributed by atoms with Crippen molar-refractivity contribution in [3.8, 4) is 0 Å². The van der Waals surface area contributed by atoms with Crippen LogP contribution < -0.4 is 5.32 Å². The summed E-state index contributed by atoms with van der Waals surface area (Å²) in [7, 11) is 0. The van der Waals surface area contributed by atoms with Gasteiger partial charge in [-0.2, -0.15) is 5.10 Å². The summed E-state index contributed by atoms with van der Waals surface area (Å²) in [4.78, 5) is 13.8. The summed E-state index contributed by atoms with van der Waals surface area (Å²) in [6, 6.07) is 0.108. The molecule has 0 bridgehead atoms. The highest BCUT2D eigenvalue weighted by Gasteiger charge is 2.35. The van der Waals surface area contributed by atoms with Crippen molar-refractivity contribution in [1.29, 1.82) is 0 Å². The highest BCUT2D eigenvalue weighted by atomic mass is 16.3. The molecule has 1 aromatic rings. The van der Waals surface area contributed by atoms with Crippen molar-refractivity contribution >= 4 is 5.91 Å². The number of nitrogens with one attached hydrogen (secondary N) is 2. The van der Waals surface area contributed by atoms with Gasteiger partial charge in [0.2, 0.25) is 5.91 Å². The third-order valence-corrected chi connectivity index (χ3v) is 4.45. The molecule has 2 atom stereocenters. The molecule has 0 aromatic carbocycles. The van der Waals surface area contributed by atoms with Crippen LogP contribution in [0, 0.1) is 25.7 Å². The quantitative estimate of drug-likeness (QED) is 0.742. The number of aromatic nitrogens is 2. The zero-order chi connectivity index (χ0) is 15.6. The second-order valence-corrected chi connectivity index (χ2v) is 6.35. The molecule has 0 spiro atoms. The van der Waals surface area contributed by atoms with Crippen molar-refractivity contribution in [3.63, 3.8) is 0 Å². The topological polar surface area (TPSA) is 81.2 Å². The van der Waals surface area contributed by atoms with Crippen molar-refractivity contribution < 1.29 is 9.90 Å². The van der Waals surface area contributed by atoms with Crippen LogP contribution in [0.1, 0.15) is 30.8 Å². The van der Waals surface area contributed by atoms with Gasteiger partial charge in [0.05, 0.1) is 5.69 Å². The Labute approximate surface area is 125 Å². The number of H-pyrrole nitrogens is 1. The molecule has 1 amide bonds. The summed E-state index contributed by atoms with van der Waals surface area (Å²) in [5.41, 5.74) is 3.39. The Morgan fingerprint density at radius 2 is 2.19 bits per heavy atom. The number of nitrogens with zero attached hydrogens (tertiary/aromatic N) is 2. The summed E-state index contributed by atoms with van der Waals surface area (Å²) >= 11 is 0. The van der Waals surface area contributed by atoms with Crippen LogP contribution in [0.15, 0.2) is 0 Å². The van der Waals surface area contributed by atoms with Gasteiger partial charge in [0.1, 0.15) is 6.61 Å². The number of aliphatic hydroxyl groups is 1. The molecule has 1 aliphatic rings. The zero-order valence-electron chi connectivity index (χ0n) is 13.3. The standard InChI is InChI=1S/C15H26N4O2/c1-9(2)12-5-19(7-14(12)16-15(21)8-20)6-13-10(3)17-18-11(13)4/h9,12,14,20H,5-8H2,1-4H3,(H,16,21)(H,17,18)/t12-,14+/m0/s1. The van der Waals surface area contributed by atoms with Gasteiger partial charge in [0, 0.05) is 36.9 Å². The van der Waals surface area contributed by atoms with Crippen molar-refractivity contribution in [3.05, 3.63) is 17.0 Å². The normalized spacial score (nSPS) is 23.0. The Kier molecular flexibility index (Phi) is 5.00. The van der Waals surface area contributed by atoms with Crippen LogP contribution in [0.4, 0.5) is 0 Å². The predicted octanol–water partition coefficient (Wildman–Crippen LogP) is 0.591. The molecular formula is C15H26N4O2. The summed E-state index contributed by atoms with van der Waals surface area (Å²) in [5.74, 6) is 0.613. The molecule has 0 aliphatic carbocycles. The molecule has 0 saturated carbocycles. The molecule has 0 unspecified atom stereocenters. The first kappa shape index (κ1) is 16.0. The largest absolute Gasteiger partial charge is 0.387 e. The lowest BCUT2D eigenvalue weighted by atomic mass is 9.91. The van der Waals surface area contributed by atoms with E-state index in [9.17, 15) is 4.79 Å². The Morgan fingerprint density at radius 1 is 1.48 bits per heavy atom. The van der Waals surface area contributed by atoms with E-state index in [1.54, 1.807) is 0 Å². The number of aromatic amines is 1. The average molecular weight is 294 g/mol. The number of likely N-dealkylation sites (tertiary alicyclic amines) is 1. The maximum Gasteiger partial charge on any atom is 0.245 e. The van der Waals surface area contributed by atoms with Crippen LogP contribution in [-0.4, -0.2) is 51.8 Å². The molecule has 21 heavy (non-hydrogen) atoms. The van der Waals surface area contributed by atoms with Crippen LogP contribution in [0.2, 0.25) is 0 Å². The minimum absolute atomic E-state index is 0.108. The van der Waals surface area contributed by atoms with Gasteiger partial charge in [-0.25, -0.2) is 0 Å². The van der Waals surface area contributed by atoms with E-state index in [4.69, 9.17) is 5.11 Å². The third kappa shape index (κ3) is 3.63. The Morgan fingerprint density at radius 3 is 2.71 bits per heavy atom. The fourth-order valence-electron chi connectivity index (χ4n) is 3.15. The van der Waals surface area contributed by atoms with E-state index in [0.717, 1.165) is 31.0 Å². The van der Waals surface area contributed by atoms with Crippen molar-refractivity contribution in [2.75, 3.05) is 19.7 Å². The lowest BCUT2D eigenvalue weighted by molar-refractivity contribution is -0.124.